The molecule has 2 aromatic rings. The van der Waals surface area contributed by atoms with E-state index in [-0.39, 0.29) is 12.1 Å². The first-order valence-corrected chi connectivity index (χ1v) is 9.29. The third kappa shape index (κ3) is 7.81. The Morgan fingerprint density at radius 2 is 1.67 bits per heavy atom. The molecule has 4 N–H and O–H groups in total. The highest BCUT2D eigenvalue weighted by Gasteiger charge is 2.04. The molecule has 0 aliphatic carbocycles. The second kappa shape index (κ2) is 10.9. The molecular formula is C21H29N5O. The van der Waals surface area contributed by atoms with Crippen molar-refractivity contribution in [3.8, 4) is 0 Å². The van der Waals surface area contributed by atoms with Gasteiger partial charge < -0.3 is 21.3 Å². The normalized spacial score (nSPS) is 11.2. The van der Waals surface area contributed by atoms with E-state index < -0.39 is 0 Å². The minimum Gasteiger partial charge on any atom is -0.357 e. The first-order valence-electron chi connectivity index (χ1n) is 9.29. The molecule has 0 aliphatic rings. The van der Waals surface area contributed by atoms with E-state index >= 15 is 0 Å². The topological polar surface area (TPSA) is 77.6 Å². The summed E-state index contributed by atoms with van der Waals surface area (Å²) in [4.78, 5) is 16.3. The lowest BCUT2D eigenvalue weighted by molar-refractivity contribution is 0.250. The van der Waals surface area contributed by atoms with Gasteiger partial charge >= 0.3 is 6.03 Å². The van der Waals surface area contributed by atoms with Crippen LogP contribution in [0.4, 0.5) is 10.5 Å². The average Bonchev–Trinajstić information content (AvgIpc) is 2.65. The van der Waals surface area contributed by atoms with Gasteiger partial charge in [-0.1, -0.05) is 42.5 Å². The molecular weight excluding hydrogens is 338 g/mol. The number of aliphatic imine (C=N–C) groups is 1. The fraction of sp³-hybridized carbons (Fsp3) is 0.333. The van der Waals surface area contributed by atoms with Crippen molar-refractivity contribution in [3.63, 3.8) is 0 Å². The molecule has 2 aromatic carbocycles. The first-order chi connectivity index (χ1) is 13.1. The van der Waals surface area contributed by atoms with Gasteiger partial charge in [0.15, 0.2) is 5.96 Å². The van der Waals surface area contributed by atoms with Crippen molar-refractivity contribution in [2.45, 2.75) is 39.9 Å². The largest absolute Gasteiger partial charge is 0.357 e. The number of hydrogen-bond acceptors (Lipinski definition) is 2. The Morgan fingerprint density at radius 3 is 2.30 bits per heavy atom. The van der Waals surface area contributed by atoms with Gasteiger partial charge in [-0.2, -0.15) is 0 Å². The van der Waals surface area contributed by atoms with Gasteiger partial charge in [-0.15, -0.1) is 0 Å². The van der Waals surface area contributed by atoms with Crippen molar-refractivity contribution < 1.29 is 4.79 Å². The van der Waals surface area contributed by atoms with Crippen molar-refractivity contribution in [2.24, 2.45) is 4.99 Å². The summed E-state index contributed by atoms with van der Waals surface area (Å²) >= 11 is 0. The Hall–Kier alpha value is -3.02. The molecule has 0 saturated carbocycles. The van der Waals surface area contributed by atoms with Crippen LogP contribution in [0.1, 0.15) is 31.9 Å². The molecule has 0 aliphatic heterocycles. The molecule has 0 aromatic heterocycles. The molecule has 0 saturated heterocycles. The van der Waals surface area contributed by atoms with E-state index in [2.05, 4.69) is 38.4 Å². The Kier molecular flexibility index (Phi) is 8.16. The number of carbonyl (C=O) groups is 1. The van der Waals surface area contributed by atoms with Gasteiger partial charge in [0.2, 0.25) is 0 Å². The number of rotatable bonds is 7. The SMILES string of the molecule is CCNC(=NCc1ccccc1)NCc1ccc(NC(=O)NC(C)C)cc1. The summed E-state index contributed by atoms with van der Waals surface area (Å²) in [6.45, 7) is 7.98. The lowest BCUT2D eigenvalue weighted by Crippen LogP contribution is -2.36. The Balaban J connectivity index is 1.88. The molecule has 0 unspecified atom stereocenters. The van der Waals surface area contributed by atoms with Crippen LogP contribution in [0.5, 0.6) is 0 Å². The number of urea groups is 1. The highest BCUT2D eigenvalue weighted by molar-refractivity contribution is 5.89. The van der Waals surface area contributed by atoms with E-state index in [1.54, 1.807) is 0 Å². The second-order valence-corrected chi connectivity index (χ2v) is 6.48. The quantitative estimate of drug-likeness (QED) is 0.447. The summed E-state index contributed by atoms with van der Waals surface area (Å²) in [5, 5.41) is 12.2. The molecule has 6 heteroatoms. The number of amides is 2. The van der Waals surface area contributed by atoms with Gasteiger partial charge in [0.25, 0.3) is 0 Å². The van der Waals surface area contributed by atoms with Crippen LogP contribution in [0, 0.1) is 0 Å². The number of anilines is 1. The average molecular weight is 367 g/mol. The van der Waals surface area contributed by atoms with Crippen molar-refractivity contribution in [1.29, 1.82) is 0 Å². The molecule has 2 amide bonds. The van der Waals surface area contributed by atoms with Crippen LogP contribution in [0.25, 0.3) is 0 Å². The van der Waals surface area contributed by atoms with Crippen molar-refractivity contribution in [1.82, 2.24) is 16.0 Å². The molecule has 6 nitrogen and oxygen atoms in total. The highest BCUT2D eigenvalue weighted by Crippen LogP contribution is 2.09. The number of nitrogens with one attached hydrogen (secondary N) is 4. The van der Waals surface area contributed by atoms with Crippen molar-refractivity contribution in [2.75, 3.05) is 11.9 Å². The van der Waals surface area contributed by atoms with Gasteiger partial charge in [-0.25, -0.2) is 9.79 Å². The zero-order valence-electron chi connectivity index (χ0n) is 16.3. The number of guanidine groups is 1. The minimum atomic E-state index is -0.196. The molecule has 144 valence electrons. The second-order valence-electron chi connectivity index (χ2n) is 6.48. The zero-order chi connectivity index (χ0) is 19.5. The van der Waals surface area contributed by atoms with E-state index in [1.807, 2.05) is 63.2 Å². The van der Waals surface area contributed by atoms with Crippen molar-refractivity contribution >= 4 is 17.7 Å². The van der Waals surface area contributed by atoms with Gasteiger partial charge in [-0.05, 0) is 44.0 Å². The maximum Gasteiger partial charge on any atom is 0.319 e. The van der Waals surface area contributed by atoms with Crippen LogP contribution >= 0.6 is 0 Å². The van der Waals surface area contributed by atoms with Crippen molar-refractivity contribution in [3.05, 3.63) is 65.7 Å². The summed E-state index contributed by atoms with van der Waals surface area (Å²) in [6.07, 6.45) is 0. The monoisotopic (exact) mass is 367 g/mol. The molecule has 0 bridgehead atoms. The maximum absolute atomic E-state index is 11.7. The van der Waals surface area contributed by atoms with E-state index in [0.29, 0.717) is 13.1 Å². The molecule has 0 heterocycles. The Bertz CT molecular complexity index is 726. The number of benzene rings is 2. The Labute approximate surface area is 161 Å². The molecule has 0 spiro atoms. The molecule has 0 radical (unpaired) electrons. The van der Waals surface area contributed by atoms with E-state index in [4.69, 9.17) is 0 Å². The summed E-state index contributed by atoms with van der Waals surface area (Å²) in [5.41, 5.74) is 3.04. The third-order valence-electron chi connectivity index (χ3n) is 3.70. The summed E-state index contributed by atoms with van der Waals surface area (Å²) in [7, 11) is 0. The summed E-state index contributed by atoms with van der Waals surface area (Å²) in [6, 6.07) is 17.8. The predicted molar refractivity (Wildman–Crippen MR) is 112 cm³/mol. The zero-order valence-corrected chi connectivity index (χ0v) is 16.3. The Morgan fingerprint density at radius 1 is 0.963 bits per heavy atom. The number of nitrogens with zero attached hydrogens (tertiary/aromatic N) is 1. The molecule has 0 fully saturated rings. The lowest BCUT2D eigenvalue weighted by atomic mass is 10.2. The molecule has 0 atom stereocenters. The fourth-order valence-corrected chi connectivity index (χ4v) is 2.42. The van der Waals surface area contributed by atoms with Crippen LogP contribution in [0.3, 0.4) is 0 Å². The fourth-order valence-electron chi connectivity index (χ4n) is 2.42. The van der Waals surface area contributed by atoms with Gasteiger partial charge in [0.05, 0.1) is 6.54 Å². The summed E-state index contributed by atoms with van der Waals surface area (Å²) in [5.74, 6) is 0.778. The minimum absolute atomic E-state index is 0.105. The standard InChI is InChI=1S/C21H29N5O/c1-4-22-20(23-14-17-8-6-5-7-9-17)24-15-18-10-12-19(13-11-18)26-21(27)25-16(2)3/h5-13,16H,4,14-15H2,1-3H3,(H2,22,23,24)(H2,25,26,27). The first kappa shape index (κ1) is 20.3. The lowest BCUT2D eigenvalue weighted by Gasteiger charge is -2.13. The third-order valence-corrected chi connectivity index (χ3v) is 3.70. The van der Waals surface area contributed by atoms with Crippen LogP contribution in [-0.4, -0.2) is 24.6 Å². The van der Waals surface area contributed by atoms with E-state index in [1.165, 1.54) is 5.56 Å². The van der Waals surface area contributed by atoms with Crippen LogP contribution in [0.2, 0.25) is 0 Å². The van der Waals surface area contributed by atoms with E-state index in [0.717, 1.165) is 23.8 Å². The number of carbonyl (C=O) groups excluding carboxylic acids is 1. The van der Waals surface area contributed by atoms with Crippen LogP contribution in [0.15, 0.2) is 59.6 Å². The highest BCUT2D eigenvalue weighted by atomic mass is 16.2. The maximum atomic E-state index is 11.7. The molecule has 2 rings (SSSR count). The predicted octanol–water partition coefficient (Wildman–Crippen LogP) is 3.47. The van der Waals surface area contributed by atoms with E-state index in [9.17, 15) is 4.79 Å². The number of hydrogen-bond donors (Lipinski definition) is 4. The smallest absolute Gasteiger partial charge is 0.319 e. The summed E-state index contributed by atoms with van der Waals surface area (Å²) < 4.78 is 0. The van der Waals surface area contributed by atoms with Gasteiger partial charge in [-0.3, -0.25) is 0 Å². The molecule has 27 heavy (non-hydrogen) atoms. The van der Waals surface area contributed by atoms with Crippen LogP contribution < -0.4 is 21.3 Å². The van der Waals surface area contributed by atoms with Gasteiger partial charge in [0, 0.05) is 24.8 Å². The van der Waals surface area contributed by atoms with Gasteiger partial charge in [0.1, 0.15) is 0 Å². The van der Waals surface area contributed by atoms with Crippen LogP contribution in [-0.2, 0) is 13.1 Å².